The summed E-state index contributed by atoms with van der Waals surface area (Å²) in [7, 11) is 1.70. The van der Waals surface area contributed by atoms with Crippen molar-refractivity contribution in [1.29, 1.82) is 0 Å². The molecule has 0 radical (unpaired) electrons. The lowest BCUT2D eigenvalue weighted by Crippen LogP contribution is -2.18. The normalized spacial score (nSPS) is 10.7. The summed E-state index contributed by atoms with van der Waals surface area (Å²) in [5.74, 6) is -1.00. The zero-order chi connectivity index (χ0) is 16.6. The van der Waals surface area contributed by atoms with E-state index in [1.807, 2.05) is 0 Å². The number of aromatic carboxylic acids is 1. The fraction of sp³-hybridized carbons (Fsp3) is 0.118. The van der Waals surface area contributed by atoms with Gasteiger partial charge in [-0.1, -0.05) is 12.1 Å². The van der Waals surface area contributed by atoms with E-state index in [0.717, 1.165) is 11.1 Å². The molecule has 0 aliphatic rings. The van der Waals surface area contributed by atoms with Gasteiger partial charge in [0.2, 0.25) is 0 Å². The Morgan fingerprint density at radius 3 is 2.61 bits per heavy atom. The molecule has 6 heteroatoms. The van der Waals surface area contributed by atoms with Gasteiger partial charge in [-0.05, 0) is 25.1 Å². The second kappa shape index (κ2) is 5.57. The first-order valence-electron chi connectivity index (χ1n) is 7.02. The van der Waals surface area contributed by atoms with Gasteiger partial charge in [0.15, 0.2) is 0 Å². The summed E-state index contributed by atoms with van der Waals surface area (Å²) >= 11 is 0. The predicted molar refractivity (Wildman–Crippen MR) is 85.9 cm³/mol. The predicted octanol–water partition coefficient (Wildman–Crippen LogP) is 2.24. The van der Waals surface area contributed by atoms with Crippen LogP contribution in [0.1, 0.15) is 15.9 Å². The van der Waals surface area contributed by atoms with Crippen molar-refractivity contribution in [2.24, 2.45) is 7.05 Å². The van der Waals surface area contributed by atoms with Crippen molar-refractivity contribution in [2.45, 2.75) is 6.92 Å². The Bertz CT molecular complexity index is 927. The fourth-order valence-electron chi connectivity index (χ4n) is 2.49. The minimum Gasteiger partial charge on any atom is -0.478 e. The van der Waals surface area contributed by atoms with Gasteiger partial charge in [0.25, 0.3) is 5.56 Å². The van der Waals surface area contributed by atoms with E-state index in [9.17, 15) is 14.7 Å². The SMILES string of the molecule is Cc1cc(-c2cnn(-c3ccccc3C(=O)O)c2)cn(C)c1=O. The van der Waals surface area contributed by atoms with Gasteiger partial charge < -0.3 is 9.67 Å². The smallest absolute Gasteiger partial charge is 0.337 e. The van der Waals surface area contributed by atoms with E-state index in [2.05, 4.69) is 5.10 Å². The number of hydrogen-bond donors (Lipinski definition) is 1. The number of aromatic nitrogens is 3. The van der Waals surface area contributed by atoms with Gasteiger partial charge in [-0.2, -0.15) is 5.10 Å². The van der Waals surface area contributed by atoms with Crippen LogP contribution in [0.5, 0.6) is 0 Å². The van der Waals surface area contributed by atoms with E-state index in [1.165, 1.54) is 15.3 Å². The molecule has 0 amide bonds. The molecule has 2 heterocycles. The number of nitrogens with zero attached hydrogens (tertiary/aromatic N) is 3. The molecule has 0 spiro atoms. The molecule has 3 aromatic rings. The average molecular weight is 309 g/mol. The van der Waals surface area contributed by atoms with Gasteiger partial charge in [0.1, 0.15) is 0 Å². The number of hydrogen-bond acceptors (Lipinski definition) is 3. The number of pyridine rings is 1. The van der Waals surface area contributed by atoms with Crippen LogP contribution < -0.4 is 5.56 Å². The zero-order valence-electron chi connectivity index (χ0n) is 12.7. The van der Waals surface area contributed by atoms with E-state index >= 15 is 0 Å². The molecule has 0 saturated carbocycles. The minimum absolute atomic E-state index is 0.0441. The molecular weight excluding hydrogens is 294 g/mol. The Balaban J connectivity index is 2.09. The minimum atomic E-state index is -1.00. The maximum absolute atomic E-state index is 11.8. The largest absolute Gasteiger partial charge is 0.478 e. The van der Waals surface area contributed by atoms with Crippen LogP contribution in [-0.2, 0) is 7.05 Å². The number of para-hydroxylation sites is 1. The van der Waals surface area contributed by atoms with Gasteiger partial charge in [0, 0.05) is 36.1 Å². The highest BCUT2D eigenvalue weighted by atomic mass is 16.4. The Morgan fingerprint density at radius 1 is 1.17 bits per heavy atom. The third kappa shape index (κ3) is 2.66. The molecule has 1 aromatic carbocycles. The van der Waals surface area contributed by atoms with Crippen LogP contribution in [-0.4, -0.2) is 25.4 Å². The van der Waals surface area contributed by atoms with Gasteiger partial charge in [-0.3, -0.25) is 4.79 Å². The van der Waals surface area contributed by atoms with Crippen LogP contribution >= 0.6 is 0 Å². The molecule has 2 aromatic heterocycles. The van der Waals surface area contributed by atoms with Gasteiger partial charge in [-0.25, -0.2) is 9.48 Å². The first-order valence-corrected chi connectivity index (χ1v) is 7.02. The highest BCUT2D eigenvalue weighted by Gasteiger charge is 2.12. The van der Waals surface area contributed by atoms with Gasteiger partial charge in [-0.15, -0.1) is 0 Å². The van der Waals surface area contributed by atoms with Crippen LogP contribution in [0.15, 0.2) is 53.7 Å². The second-order valence-electron chi connectivity index (χ2n) is 5.32. The first-order chi connectivity index (χ1) is 11.0. The summed E-state index contributed by atoms with van der Waals surface area (Å²) in [6.07, 6.45) is 5.14. The number of carbonyl (C=O) groups is 1. The standard InChI is InChI=1S/C17H15N3O3/c1-11-7-12(9-19(2)16(11)21)13-8-18-20(10-13)15-6-4-3-5-14(15)17(22)23/h3-10H,1-2H3,(H,22,23). The van der Waals surface area contributed by atoms with Crippen LogP contribution in [0.2, 0.25) is 0 Å². The van der Waals surface area contributed by atoms with Crippen molar-refractivity contribution in [1.82, 2.24) is 14.3 Å². The molecular formula is C17H15N3O3. The third-order valence-corrected chi connectivity index (χ3v) is 3.66. The van der Waals surface area contributed by atoms with Crippen molar-refractivity contribution in [3.05, 3.63) is 70.4 Å². The zero-order valence-corrected chi connectivity index (χ0v) is 12.7. The number of aryl methyl sites for hydroxylation is 2. The van der Waals surface area contributed by atoms with Gasteiger partial charge in [0.05, 0.1) is 17.4 Å². The first kappa shape index (κ1) is 14.8. The Hall–Kier alpha value is -3.15. The number of carboxylic acid groups (broad SMARTS) is 1. The molecule has 0 aliphatic heterocycles. The van der Waals surface area contributed by atoms with Crippen molar-refractivity contribution >= 4 is 5.97 Å². The van der Waals surface area contributed by atoms with Crippen molar-refractivity contribution in [2.75, 3.05) is 0 Å². The number of benzene rings is 1. The van der Waals surface area contributed by atoms with Crippen molar-refractivity contribution in [3.8, 4) is 16.8 Å². The summed E-state index contributed by atoms with van der Waals surface area (Å²) in [5, 5.41) is 13.5. The summed E-state index contributed by atoms with van der Waals surface area (Å²) in [5.41, 5.74) is 2.93. The Labute approximate surface area is 132 Å². The van der Waals surface area contributed by atoms with E-state index in [4.69, 9.17) is 0 Å². The molecule has 0 unspecified atom stereocenters. The molecule has 6 nitrogen and oxygen atoms in total. The number of rotatable bonds is 3. The molecule has 3 rings (SSSR count). The molecule has 0 bridgehead atoms. The molecule has 0 fully saturated rings. The van der Waals surface area contributed by atoms with E-state index in [1.54, 1.807) is 56.8 Å². The summed E-state index contributed by atoms with van der Waals surface area (Å²) < 4.78 is 3.05. The topological polar surface area (TPSA) is 77.1 Å². The molecule has 23 heavy (non-hydrogen) atoms. The molecule has 0 atom stereocenters. The van der Waals surface area contributed by atoms with Gasteiger partial charge >= 0.3 is 5.97 Å². The highest BCUT2D eigenvalue weighted by Crippen LogP contribution is 2.21. The van der Waals surface area contributed by atoms with Crippen LogP contribution in [0.4, 0.5) is 0 Å². The fourth-order valence-corrected chi connectivity index (χ4v) is 2.49. The molecule has 0 aliphatic carbocycles. The number of carboxylic acids is 1. The molecule has 1 N–H and O–H groups in total. The lowest BCUT2D eigenvalue weighted by molar-refractivity contribution is 0.0696. The second-order valence-corrected chi connectivity index (χ2v) is 5.32. The lowest BCUT2D eigenvalue weighted by atomic mass is 10.1. The Morgan fingerprint density at radius 2 is 1.91 bits per heavy atom. The molecule has 116 valence electrons. The lowest BCUT2D eigenvalue weighted by Gasteiger charge is -2.06. The maximum atomic E-state index is 11.8. The van der Waals surface area contributed by atoms with Crippen LogP contribution in [0.3, 0.4) is 0 Å². The van der Waals surface area contributed by atoms with Crippen LogP contribution in [0, 0.1) is 6.92 Å². The Kier molecular flexibility index (Phi) is 3.57. The summed E-state index contributed by atoms with van der Waals surface area (Å²) in [6, 6.07) is 8.47. The van der Waals surface area contributed by atoms with Crippen molar-refractivity contribution in [3.63, 3.8) is 0 Å². The molecule has 0 saturated heterocycles. The van der Waals surface area contributed by atoms with E-state index in [-0.39, 0.29) is 11.1 Å². The average Bonchev–Trinajstić information content (AvgIpc) is 3.02. The highest BCUT2D eigenvalue weighted by molar-refractivity contribution is 5.91. The summed E-state index contributed by atoms with van der Waals surface area (Å²) in [4.78, 5) is 23.1. The third-order valence-electron chi connectivity index (χ3n) is 3.66. The van der Waals surface area contributed by atoms with Crippen molar-refractivity contribution < 1.29 is 9.90 Å². The van der Waals surface area contributed by atoms with E-state index in [0.29, 0.717) is 11.3 Å². The maximum Gasteiger partial charge on any atom is 0.337 e. The quantitative estimate of drug-likeness (QED) is 0.805. The van der Waals surface area contributed by atoms with Crippen LogP contribution in [0.25, 0.3) is 16.8 Å². The van der Waals surface area contributed by atoms with E-state index < -0.39 is 5.97 Å². The summed E-state index contributed by atoms with van der Waals surface area (Å²) in [6.45, 7) is 1.76. The monoisotopic (exact) mass is 309 g/mol.